The van der Waals surface area contributed by atoms with E-state index in [-0.39, 0.29) is 6.04 Å². The van der Waals surface area contributed by atoms with Gasteiger partial charge in [0.1, 0.15) is 5.82 Å². The molecule has 2 heterocycles. The van der Waals surface area contributed by atoms with Crippen LogP contribution in [0.25, 0.3) is 0 Å². The molecule has 2 N–H and O–H groups in total. The van der Waals surface area contributed by atoms with Gasteiger partial charge in [-0.3, -0.25) is 0 Å². The monoisotopic (exact) mass is 232 g/mol. The maximum atomic E-state index is 5.78. The second-order valence-electron chi connectivity index (χ2n) is 4.64. The van der Waals surface area contributed by atoms with E-state index in [1.165, 1.54) is 5.56 Å². The SMILES string of the molecule is CC(N)Cc1ccn(CCc2nccn2C)c1. The van der Waals surface area contributed by atoms with Crippen molar-refractivity contribution in [1.29, 1.82) is 0 Å². The summed E-state index contributed by atoms with van der Waals surface area (Å²) in [4.78, 5) is 4.32. The molecule has 0 saturated heterocycles. The van der Waals surface area contributed by atoms with Crippen LogP contribution >= 0.6 is 0 Å². The molecule has 0 aliphatic rings. The molecule has 0 aromatic carbocycles. The van der Waals surface area contributed by atoms with Crippen LogP contribution in [0.15, 0.2) is 30.9 Å². The average Bonchev–Trinajstić information content (AvgIpc) is 2.84. The molecule has 4 heteroatoms. The first-order valence-electron chi connectivity index (χ1n) is 6.01. The number of nitrogens with two attached hydrogens (primary N) is 1. The second kappa shape index (κ2) is 5.19. The van der Waals surface area contributed by atoms with Gasteiger partial charge in [-0.25, -0.2) is 4.98 Å². The molecular weight excluding hydrogens is 212 g/mol. The van der Waals surface area contributed by atoms with Gasteiger partial charge in [-0.15, -0.1) is 0 Å². The van der Waals surface area contributed by atoms with Gasteiger partial charge in [-0.05, 0) is 25.0 Å². The van der Waals surface area contributed by atoms with E-state index in [4.69, 9.17) is 5.73 Å². The Morgan fingerprint density at radius 1 is 1.41 bits per heavy atom. The molecule has 1 unspecified atom stereocenters. The first-order chi connectivity index (χ1) is 8.15. The molecule has 0 saturated carbocycles. The van der Waals surface area contributed by atoms with Crippen LogP contribution in [0.1, 0.15) is 18.3 Å². The minimum Gasteiger partial charge on any atom is -0.354 e. The average molecular weight is 232 g/mol. The third kappa shape index (κ3) is 3.20. The third-order valence-electron chi connectivity index (χ3n) is 2.88. The standard InChI is InChI=1S/C13H20N4/c1-11(14)9-12-3-6-17(10-12)7-4-13-15-5-8-16(13)2/h3,5-6,8,10-11H,4,7,9,14H2,1-2H3. The topological polar surface area (TPSA) is 48.8 Å². The minimum absolute atomic E-state index is 0.223. The van der Waals surface area contributed by atoms with Crippen molar-refractivity contribution in [2.24, 2.45) is 12.8 Å². The summed E-state index contributed by atoms with van der Waals surface area (Å²) in [5.74, 6) is 1.12. The zero-order valence-corrected chi connectivity index (χ0v) is 10.5. The highest BCUT2D eigenvalue weighted by molar-refractivity contribution is 5.11. The number of rotatable bonds is 5. The Hall–Kier alpha value is -1.55. The lowest BCUT2D eigenvalue weighted by atomic mass is 10.1. The zero-order chi connectivity index (χ0) is 12.3. The lowest BCUT2D eigenvalue weighted by Crippen LogP contribution is -2.17. The van der Waals surface area contributed by atoms with E-state index in [0.717, 1.165) is 25.2 Å². The fraction of sp³-hybridized carbons (Fsp3) is 0.462. The lowest BCUT2D eigenvalue weighted by Gasteiger charge is -2.04. The first-order valence-corrected chi connectivity index (χ1v) is 6.01. The Kier molecular flexibility index (Phi) is 3.64. The van der Waals surface area contributed by atoms with Crippen LogP contribution in [0.5, 0.6) is 0 Å². The highest BCUT2D eigenvalue weighted by atomic mass is 15.0. The van der Waals surface area contributed by atoms with Crippen molar-refractivity contribution in [1.82, 2.24) is 14.1 Å². The molecule has 2 rings (SSSR count). The van der Waals surface area contributed by atoms with Crippen LogP contribution in [0.2, 0.25) is 0 Å². The summed E-state index contributed by atoms with van der Waals surface area (Å²) in [6, 6.07) is 2.36. The van der Waals surface area contributed by atoms with Crippen molar-refractivity contribution >= 4 is 0 Å². The number of aryl methyl sites for hydroxylation is 3. The molecule has 0 aliphatic carbocycles. The number of hydrogen-bond donors (Lipinski definition) is 1. The molecule has 92 valence electrons. The predicted molar refractivity (Wildman–Crippen MR) is 68.7 cm³/mol. The highest BCUT2D eigenvalue weighted by Gasteiger charge is 2.02. The minimum atomic E-state index is 0.223. The molecule has 0 spiro atoms. The number of imidazole rings is 1. The molecular formula is C13H20N4. The number of aromatic nitrogens is 3. The van der Waals surface area contributed by atoms with Crippen molar-refractivity contribution in [3.05, 3.63) is 42.2 Å². The maximum absolute atomic E-state index is 5.78. The zero-order valence-electron chi connectivity index (χ0n) is 10.5. The molecule has 0 bridgehead atoms. The van der Waals surface area contributed by atoms with Crippen molar-refractivity contribution < 1.29 is 0 Å². The molecule has 1 atom stereocenters. The van der Waals surface area contributed by atoms with Gasteiger partial charge in [0.15, 0.2) is 0 Å². The van der Waals surface area contributed by atoms with Crippen molar-refractivity contribution in [3.63, 3.8) is 0 Å². The van der Waals surface area contributed by atoms with Gasteiger partial charge in [0.25, 0.3) is 0 Å². The number of nitrogens with zero attached hydrogens (tertiary/aromatic N) is 3. The predicted octanol–water partition coefficient (Wildman–Crippen LogP) is 1.35. The van der Waals surface area contributed by atoms with Crippen LogP contribution in [0.4, 0.5) is 0 Å². The van der Waals surface area contributed by atoms with Crippen LogP contribution in [0.3, 0.4) is 0 Å². The molecule has 0 amide bonds. The second-order valence-corrected chi connectivity index (χ2v) is 4.64. The largest absolute Gasteiger partial charge is 0.354 e. The summed E-state index contributed by atoms with van der Waals surface area (Å²) >= 11 is 0. The van der Waals surface area contributed by atoms with Crippen molar-refractivity contribution in [3.8, 4) is 0 Å². The molecule has 0 fully saturated rings. The van der Waals surface area contributed by atoms with Gasteiger partial charge in [-0.1, -0.05) is 0 Å². The van der Waals surface area contributed by atoms with Gasteiger partial charge < -0.3 is 14.9 Å². The molecule has 0 aliphatic heterocycles. The maximum Gasteiger partial charge on any atom is 0.110 e. The summed E-state index contributed by atoms with van der Waals surface area (Å²) in [6.07, 6.45) is 10.00. The van der Waals surface area contributed by atoms with Gasteiger partial charge in [0, 0.05) is 50.8 Å². The third-order valence-corrected chi connectivity index (χ3v) is 2.88. The fourth-order valence-electron chi connectivity index (χ4n) is 1.99. The van der Waals surface area contributed by atoms with Crippen LogP contribution in [0, 0.1) is 0 Å². The summed E-state index contributed by atoms with van der Waals surface area (Å²) in [6.45, 7) is 3.00. The smallest absolute Gasteiger partial charge is 0.110 e. The van der Waals surface area contributed by atoms with E-state index in [1.54, 1.807) is 0 Å². The molecule has 4 nitrogen and oxygen atoms in total. The summed E-state index contributed by atoms with van der Waals surface area (Å²) < 4.78 is 4.26. The van der Waals surface area contributed by atoms with E-state index >= 15 is 0 Å². The fourth-order valence-corrected chi connectivity index (χ4v) is 1.99. The molecule has 0 radical (unpaired) electrons. The van der Waals surface area contributed by atoms with Gasteiger partial charge in [-0.2, -0.15) is 0 Å². The van der Waals surface area contributed by atoms with E-state index < -0.39 is 0 Å². The Bertz CT molecular complexity index is 467. The summed E-state index contributed by atoms with van der Waals surface area (Å²) in [5, 5.41) is 0. The molecule has 17 heavy (non-hydrogen) atoms. The van der Waals surface area contributed by atoms with E-state index in [2.05, 4.69) is 32.6 Å². The molecule has 2 aromatic rings. The van der Waals surface area contributed by atoms with Crippen molar-refractivity contribution in [2.75, 3.05) is 0 Å². The van der Waals surface area contributed by atoms with Crippen LogP contribution in [-0.4, -0.2) is 20.2 Å². The summed E-state index contributed by atoms with van der Waals surface area (Å²) in [5.41, 5.74) is 7.09. The Morgan fingerprint density at radius 3 is 2.88 bits per heavy atom. The number of hydrogen-bond acceptors (Lipinski definition) is 2. The Morgan fingerprint density at radius 2 is 2.24 bits per heavy atom. The quantitative estimate of drug-likeness (QED) is 0.846. The highest BCUT2D eigenvalue weighted by Crippen LogP contribution is 2.05. The van der Waals surface area contributed by atoms with E-state index in [9.17, 15) is 0 Å². The van der Waals surface area contributed by atoms with E-state index in [1.807, 2.05) is 26.4 Å². The molecule has 2 aromatic heterocycles. The van der Waals surface area contributed by atoms with Crippen LogP contribution < -0.4 is 5.73 Å². The van der Waals surface area contributed by atoms with Crippen LogP contribution in [-0.2, 0) is 26.4 Å². The van der Waals surface area contributed by atoms with Gasteiger partial charge in [0.2, 0.25) is 0 Å². The van der Waals surface area contributed by atoms with E-state index in [0.29, 0.717) is 0 Å². The Labute approximate surface area is 102 Å². The van der Waals surface area contributed by atoms with Crippen molar-refractivity contribution in [2.45, 2.75) is 32.4 Å². The van der Waals surface area contributed by atoms with Gasteiger partial charge in [0.05, 0.1) is 0 Å². The first kappa shape index (κ1) is 11.9. The normalized spacial score (nSPS) is 12.9. The summed E-state index contributed by atoms with van der Waals surface area (Å²) in [7, 11) is 2.03. The van der Waals surface area contributed by atoms with Gasteiger partial charge >= 0.3 is 0 Å². The Balaban J connectivity index is 1.91. The lowest BCUT2D eigenvalue weighted by molar-refractivity contribution is 0.650.